The number of benzene rings is 1. The standard InChI is InChI=1S/C26H30N6O3/c1-5-27-26(34)31-25-29-22-14-19(13-20(24(22)30-25)21-8-6-7-9-28-21)18-12-17(4)32(23(33)15-18)10-11-35-16(2)3/h6-9,12-16H,5,10-11H2,1-4H3,(H3,27,29,30,31,34). The summed E-state index contributed by atoms with van der Waals surface area (Å²) in [6.07, 6.45) is 1.84. The highest BCUT2D eigenvalue weighted by Gasteiger charge is 2.15. The van der Waals surface area contributed by atoms with Gasteiger partial charge < -0.3 is 19.6 Å². The lowest BCUT2D eigenvalue weighted by molar-refractivity contribution is 0.0719. The number of urea groups is 1. The number of H-pyrrole nitrogens is 1. The summed E-state index contributed by atoms with van der Waals surface area (Å²) in [5.41, 5.74) is 5.34. The number of hydrogen-bond donors (Lipinski definition) is 3. The number of ether oxygens (including phenoxy) is 1. The average Bonchev–Trinajstić information content (AvgIpc) is 3.22. The number of fused-ring (bicyclic) bond motifs is 1. The van der Waals surface area contributed by atoms with E-state index in [1.54, 1.807) is 16.8 Å². The third kappa shape index (κ3) is 5.58. The SMILES string of the molecule is CCNC(=O)Nc1nc2c(-c3ccccn3)cc(-c3cc(C)n(CCOC(C)C)c(=O)c3)cc2[nH]1. The molecule has 3 N–H and O–H groups in total. The van der Waals surface area contributed by atoms with Gasteiger partial charge in [0.2, 0.25) is 5.95 Å². The topological polar surface area (TPSA) is 114 Å². The molecule has 0 saturated heterocycles. The first-order valence-electron chi connectivity index (χ1n) is 11.7. The fourth-order valence-electron chi connectivity index (χ4n) is 3.94. The van der Waals surface area contributed by atoms with Crippen LogP contribution in [0.3, 0.4) is 0 Å². The highest BCUT2D eigenvalue weighted by atomic mass is 16.5. The molecule has 0 aliphatic carbocycles. The smallest absolute Gasteiger partial charge is 0.321 e. The fourth-order valence-corrected chi connectivity index (χ4v) is 3.94. The van der Waals surface area contributed by atoms with E-state index in [2.05, 4.69) is 25.6 Å². The van der Waals surface area contributed by atoms with Crippen molar-refractivity contribution >= 4 is 23.0 Å². The van der Waals surface area contributed by atoms with Crippen LogP contribution in [0.2, 0.25) is 0 Å². The van der Waals surface area contributed by atoms with Crippen LogP contribution in [0.5, 0.6) is 0 Å². The summed E-state index contributed by atoms with van der Waals surface area (Å²) in [5, 5.41) is 5.41. The molecule has 2 amide bonds. The zero-order valence-electron chi connectivity index (χ0n) is 20.4. The van der Waals surface area contributed by atoms with E-state index in [9.17, 15) is 9.59 Å². The van der Waals surface area contributed by atoms with Crippen molar-refractivity contribution < 1.29 is 9.53 Å². The van der Waals surface area contributed by atoms with Crippen LogP contribution in [-0.2, 0) is 11.3 Å². The largest absolute Gasteiger partial charge is 0.377 e. The molecule has 0 radical (unpaired) electrons. The normalized spacial score (nSPS) is 11.2. The molecule has 0 atom stereocenters. The number of aromatic amines is 1. The summed E-state index contributed by atoms with van der Waals surface area (Å²) < 4.78 is 7.33. The Bertz CT molecular complexity index is 1390. The Morgan fingerprint density at radius 1 is 1.17 bits per heavy atom. The summed E-state index contributed by atoms with van der Waals surface area (Å²) >= 11 is 0. The molecule has 4 aromatic rings. The number of aryl methyl sites for hydroxylation is 1. The van der Waals surface area contributed by atoms with E-state index in [0.29, 0.717) is 31.2 Å². The Hall–Kier alpha value is -3.98. The number of carbonyl (C=O) groups excluding carboxylic acids is 1. The highest BCUT2D eigenvalue weighted by Crippen LogP contribution is 2.33. The van der Waals surface area contributed by atoms with E-state index in [1.807, 2.05) is 64.1 Å². The van der Waals surface area contributed by atoms with Crippen LogP contribution < -0.4 is 16.2 Å². The Morgan fingerprint density at radius 3 is 2.66 bits per heavy atom. The first-order valence-corrected chi connectivity index (χ1v) is 11.7. The second-order valence-electron chi connectivity index (χ2n) is 8.50. The molecule has 9 heteroatoms. The predicted molar refractivity (Wildman–Crippen MR) is 138 cm³/mol. The molecule has 0 aliphatic heterocycles. The maximum absolute atomic E-state index is 12.9. The van der Waals surface area contributed by atoms with Crippen molar-refractivity contribution in [2.24, 2.45) is 0 Å². The molecule has 35 heavy (non-hydrogen) atoms. The van der Waals surface area contributed by atoms with Crippen LogP contribution in [0.25, 0.3) is 33.4 Å². The minimum absolute atomic E-state index is 0.0879. The summed E-state index contributed by atoms with van der Waals surface area (Å²) in [4.78, 5) is 37.2. The summed E-state index contributed by atoms with van der Waals surface area (Å²) in [6, 6.07) is 12.9. The first kappa shape index (κ1) is 24.2. The molecule has 0 unspecified atom stereocenters. The molecule has 4 rings (SSSR count). The Kier molecular flexibility index (Phi) is 7.26. The molecule has 1 aromatic carbocycles. The first-order chi connectivity index (χ1) is 16.9. The maximum atomic E-state index is 12.9. The number of rotatable bonds is 8. The van der Waals surface area contributed by atoms with Crippen LogP contribution in [0.1, 0.15) is 26.5 Å². The second-order valence-corrected chi connectivity index (χ2v) is 8.50. The number of hydrogen-bond acceptors (Lipinski definition) is 5. The molecule has 0 bridgehead atoms. The van der Waals surface area contributed by atoms with E-state index in [4.69, 9.17) is 4.74 Å². The van der Waals surface area contributed by atoms with Crippen molar-refractivity contribution in [3.63, 3.8) is 0 Å². The van der Waals surface area contributed by atoms with Crippen molar-refractivity contribution in [1.29, 1.82) is 0 Å². The van der Waals surface area contributed by atoms with Crippen LogP contribution in [0.4, 0.5) is 10.7 Å². The quantitative estimate of drug-likeness (QED) is 0.352. The number of anilines is 1. The van der Waals surface area contributed by atoms with Gasteiger partial charge in [0.1, 0.15) is 0 Å². The summed E-state index contributed by atoms with van der Waals surface area (Å²) in [6.45, 7) is 9.19. The molecular weight excluding hydrogens is 444 g/mol. The third-order valence-corrected chi connectivity index (χ3v) is 5.53. The molecule has 182 valence electrons. The van der Waals surface area contributed by atoms with Gasteiger partial charge in [0.05, 0.1) is 29.4 Å². The lowest BCUT2D eigenvalue weighted by atomic mass is 10.00. The Morgan fingerprint density at radius 2 is 1.97 bits per heavy atom. The van der Waals surface area contributed by atoms with E-state index < -0.39 is 0 Å². The zero-order valence-corrected chi connectivity index (χ0v) is 20.4. The van der Waals surface area contributed by atoms with Crippen LogP contribution in [0, 0.1) is 6.92 Å². The summed E-state index contributed by atoms with van der Waals surface area (Å²) in [5.74, 6) is 0.331. The van der Waals surface area contributed by atoms with Crippen molar-refractivity contribution in [3.8, 4) is 22.4 Å². The van der Waals surface area contributed by atoms with Gasteiger partial charge in [0.15, 0.2) is 0 Å². The fraction of sp³-hybridized carbons (Fsp3) is 0.308. The second kappa shape index (κ2) is 10.5. The van der Waals surface area contributed by atoms with Gasteiger partial charge >= 0.3 is 6.03 Å². The molecule has 0 fully saturated rings. The van der Waals surface area contributed by atoms with Crippen LogP contribution in [0.15, 0.2) is 53.5 Å². The molecular formula is C26H30N6O3. The minimum atomic E-state index is -0.341. The van der Waals surface area contributed by atoms with E-state index in [-0.39, 0.29) is 17.7 Å². The van der Waals surface area contributed by atoms with Gasteiger partial charge in [0.25, 0.3) is 5.56 Å². The highest BCUT2D eigenvalue weighted by molar-refractivity contribution is 5.98. The zero-order chi connectivity index (χ0) is 24.9. The number of pyridine rings is 2. The van der Waals surface area contributed by atoms with Crippen molar-refractivity contribution in [2.45, 2.75) is 40.3 Å². The van der Waals surface area contributed by atoms with Crippen molar-refractivity contribution in [3.05, 3.63) is 64.7 Å². The van der Waals surface area contributed by atoms with Crippen LogP contribution >= 0.6 is 0 Å². The number of nitrogens with one attached hydrogen (secondary N) is 3. The molecule has 0 saturated carbocycles. The van der Waals surface area contributed by atoms with Gasteiger partial charge in [-0.1, -0.05) is 6.07 Å². The lowest BCUT2D eigenvalue weighted by Gasteiger charge is -2.14. The van der Waals surface area contributed by atoms with Gasteiger partial charge in [-0.3, -0.25) is 15.1 Å². The van der Waals surface area contributed by atoms with Gasteiger partial charge in [-0.05, 0) is 69.2 Å². The van der Waals surface area contributed by atoms with E-state index >= 15 is 0 Å². The molecule has 3 aromatic heterocycles. The molecule has 3 heterocycles. The Balaban J connectivity index is 1.78. The van der Waals surface area contributed by atoms with Gasteiger partial charge in [-0.2, -0.15) is 0 Å². The predicted octanol–water partition coefficient (Wildman–Crippen LogP) is 4.33. The average molecular weight is 475 g/mol. The van der Waals surface area contributed by atoms with Crippen LogP contribution in [-0.4, -0.2) is 44.8 Å². The minimum Gasteiger partial charge on any atom is -0.377 e. The molecule has 0 aliphatic rings. The monoisotopic (exact) mass is 474 g/mol. The summed E-state index contributed by atoms with van der Waals surface area (Å²) in [7, 11) is 0. The number of aromatic nitrogens is 4. The lowest BCUT2D eigenvalue weighted by Crippen LogP contribution is -2.28. The number of nitrogens with zero attached hydrogens (tertiary/aromatic N) is 3. The van der Waals surface area contributed by atoms with E-state index in [1.165, 1.54) is 0 Å². The van der Waals surface area contributed by atoms with Gasteiger partial charge in [-0.15, -0.1) is 0 Å². The number of imidazole rings is 1. The van der Waals surface area contributed by atoms with Gasteiger partial charge in [-0.25, -0.2) is 9.78 Å². The maximum Gasteiger partial charge on any atom is 0.321 e. The van der Waals surface area contributed by atoms with Crippen molar-refractivity contribution in [2.75, 3.05) is 18.5 Å². The Labute approximate surface area is 203 Å². The third-order valence-electron chi connectivity index (χ3n) is 5.53. The molecule has 0 spiro atoms. The molecule has 9 nitrogen and oxygen atoms in total. The van der Waals surface area contributed by atoms with Crippen molar-refractivity contribution in [1.82, 2.24) is 24.8 Å². The van der Waals surface area contributed by atoms with E-state index in [0.717, 1.165) is 33.6 Å². The number of amides is 2. The van der Waals surface area contributed by atoms with Gasteiger partial charge in [0, 0.05) is 36.6 Å². The number of carbonyl (C=O) groups is 1.